The van der Waals surface area contributed by atoms with E-state index in [1.807, 2.05) is 4.57 Å². The highest BCUT2D eigenvalue weighted by molar-refractivity contribution is 9.10. The molecule has 2 aromatic rings. The maximum atomic E-state index is 5.31. The minimum atomic E-state index is -0.100. The van der Waals surface area contributed by atoms with Crippen molar-refractivity contribution in [2.45, 2.75) is 33.2 Å². The van der Waals surface area contributed by atoms with E-state index in [2.05, 4.69) is 72.0 Å². The Morgan fingerprint density at radius 2 is 2.00 bits per heavy atom. The van der Waals surface area contributed by atoms with Crippen LogP contribution < -0.4 is 0 Å². The summed E-state index contributed by atoms with van der Waals surface area (Å²) in [6.07, 6.45) is 0. The van der Waals surface area contributed by atoms with Crippen molar-refractivity contribution < 1.29 is 0 Å². The molecule has 0 atom stereocenters. The molecule has 3 nitrogen and oxygen atoms in total. The summed E-state index contributed by atoms with van der Waals surface area (Å²) >= 11 is 8.86. The molecule has 0 amide bonds. The molecule has 2 rings (SSSR count). The van der Waals surface area contributed by atoms with E-state index in [0.717, 1.165) is 15.9 Å². The van der Waals surface area contributed by atoms with E-state index in [4.69, 9.17) is 12.2 Å². The zero-order chi connectivity index (χ0) is 13.5. The molecule has 0 unspecified atom stereocenters. The van der Waals surface area contributed by atoms with Gasteiger partial charge >= 0.3 is 0 Å². The maximum absolute atomic E-state index is 5.31. The van der Waals surface area contributed by atoms with Crippen LogP contribution in [0.1, 0.15) is 26.3 Å². The van der Waals surface area contributed by atoms with Gasteiger partial charge in [0, 0.05) is 15.6 Å². The largest absolute Gasteiger partial charge is 0.295 e. The van der Waals surface area contributed by atoms with Crippen molar-refractivity contribution >= 4 is 28.1 Å². The van der Waals surface area contributed by atoms with Crippen molar-refractivity contribution in [1.29, 1.82) is 0 Å². The molecule has 1 aromatic carbocycles. The molecule has 0 saturated carbocycles. The van der Waals surface area contributed by atoms with Crippen LogP contribution in [-0.2, 0) is 5.54 Å². The Balaban J connectivity index is 2.65. The molecule has 1 heterocycles. The summed E-state index contributed by atoms with van der Waals surface area (Å²) in [7, 11) is 0. The molecule has 1 aromatic heterocycles. The summed E-state index contributed by atoms with van der Waals surface area (Å²) in [6.45, 7) is 8.41. The Bertz CT molecular complexity index is 634. The summed E-state index contributed by atoms with van der Waals surface area (Å²) in [5.74, 6) is 0.869. The second-order valence-corrected chi connectivity index (χ2v) is 6.56. The molecule has 0 saturated heterocycles. The van der Waals surface area contributed by atoms with Crippen molar-refractivity contribution in [3.63, 3.8) is 0 Å². The molecule has 0 spiro atoms. The number of benzene rings is 1. The van der Waals surface area contributed by atoms with Gasteiger partial charge in [-0.3, -0.25) is 9.67 Å². The van der Waals surface area contributed by atoms with Gasteiger partial charge in [0.2, 0.25) is 0 Å². The summed E-state index contributed by atoms with van der Waals surface area (Å²) in [4.78, 5) is 0. The van der Waals surface area contributed by atoms with Crippen molar-refractivity contribution in [2.24, 2.45) is 0 Å². The Morgan fingerprint density at radius 1 is 1.33 bits per heavy atom. The van der Waals surface area contributed by atoms with Crippen LogP contribution in [0, 0.1) is 11.7 Å². The smallest absolute Gasteiger partial charge is 0.195 e. The van der Waals surface area contributed by atoms with E-state index >= 15 is 0 Å². The van der Waals surface area contributed by atoms with Crippen LogP contribution in [0.25, 0.3) is 11.4 Å². The summed E-state index contributed by atoms with van der Waals surface area (Å²) in [5.41, 5.74) is 2.15. The second kappa shape index (κ2) is 4.63. The predicted octanol–water partition coefficient (Wildman–Crippen LogP) is 4.43. The molecular formula is C13H16BrN3S. The lowest BCUT2D eigenvalue weighted by Crippen LogP contribution is -2.22. The van der Waals surface area contributed by atoms with Gasteiger partial charge in [0.25, 0.3) is 0 Å². The van der Waals surface area contributed by atoms with Gasteiger partial charge in [-0.1, -0.05) is 28.1 Å². The molecular weight excluding hydrogens is 310 g/mol. The third kappa shape index (κ3) is 2.42. The van der Waals surface area contributed by atoms with Crippen molar-refractivity contribution in [1.82, 2.24) is 14.8 Å². The Hall–Kier alpha value is -0.940. The number of hydrogen-bond acceptors (Lipinski definition) is 2. The molecule has 18 heavy (non-hydrogen) atoms. The maximum Gasteiger partial charge on any atom is 0.195 e. The third-order valence-electron chi connectivity index (χ3n) is 2.77. The number of halogens is 1. The molecule has 0 aliphatic heterocycles. The molecule has 0 bridgehead atoms. The minimum Gasteiger partial charge on any atom is -0.295 e. The van der Waals surface area contributed by atoms with Gasteiger partial charge in [-0.2, -0.15) is 5.10 Å². The quantitative estimate of drug-likeness (QED) is 0.786. The van der Waals surface area contributed by atoms with E-state index < -0.39 is 0 Å². The molecule has 5 heteroatoms. The molecule has 96 valence electrons. The standard InChI is InChI=1S/C13H16BrN3S/c1-8-5-6-9(7-10(8)14)11-15-16-12(18)17(11)13(2,3)4/h5-7H,1-4H3,(H,16,18). The van der Waals surface area contributed by atoms with Crippen molar-refractivity contribution in [3.05, 3.63) is 33.0 Å². The number of rotatable bonds is 1. The summed E-state index contributed by atoms with van der Waals surface area (Å²) < 4.78 is 3.77. The highest BCUT2D eigenvalue weighted by atomic mass is 79.9. The number of nitrogens with zero attached hydrogens (tertiary/aromatic N) is 2. The fraction of sp³-hybridized carbons (Fsp3) is 0.385. The van der Waals surface area contributed by atoms with Crippen LogP contribution in [0.2, 0.25) is 0 Å². The lowest BCUT2D eigenvalue weighted by Gasteiger charge is -2.22. The Kier molecular flexibility index (Phi) is 3.47. The van der Waals surface area contributed by atoms with E-state index in [-0.39, 0.29) is 5.54 Å². The lowest BCUT2D eigenvalue weighted by molar-refractivity contribution is 0.395. The first-order valence-electron chi connectivity index (χ1n) is 5.75. The van der Waals surface area contributed by atoms with Crippen LogP contribution in [-0.4, -0.2) is 14.8 Å². The fourth-order valence-corrected chi connectivity index (χ4v) is 2.63. The number of hydrogen-bond donors (Lipinski definition) is 1. The Labute approximate surface area is 120 Å². The van der Waals surface area contributed by atoms with Gasteiger partial charge < -0.3 is 0 Å². The fourth-order valence-electron chi connectivity index (χ4n) is 1.84. The number of aryl methyl sites for hydroxylation is 1. The minimum absolute atomic E-state index is 0.100. The molecule has 0 aliphatic rings. The van der Waals surface area contributed by atoms with E-state index in [9.17, 15) is 0 Å². The summed E-state index contributed by atoms with van der Waals surface area (Å²) in [6, 6.07) is 6.21. The van der Waals surface area contributed by atoms with Crippen LogP contribution in [0.5, 0.6) is 0 Å². The number of H-pyrrole nitrogens is 1. The predicted molar refractivity (Wildman–Crippen MR) is 80.3 cm³/mol. The first kappa shape index (κ1) is 13.5. The normalized spacial score (nSPS) is 11.8. The van der Waals surface area contributed by atoms with Crippen molar-refractivity contribution in [2.75, 3.05) is 0 Å². The average molecular weight is 326 g/mol. The Morgan fingerprint density at radius 3 is 2.56 bits per heavy atom. The molecule has 0 radical (unpaired) electrons. The highest BCUT2D eigenvalue weighted by Crippen LogP contribution is 2.28. The highest BCUT2D eigenvalue weighted by Gasteiger charge is 2.20. The zero-order valence-corrected chi connectivity index (χ0v) is 13.3. The van der Waals surface area contributed by atoms with E-state index in [1.54, 1.807) is 0 Å². The van der Waals surface area contributed by atoms with E-state index in [1.165, 1.54) is 5.56 Å². The monoisotopic (exact) mass is 325 g/mol. The number of aromatic nitrogens is 3. The van der Waals surface area contributed by atoms with Gasteiger partial charge in [-0.05, 0) is 51.5 Å². The molecule has 1 N–H and O–H groups in total. The van der Waals surface area contributed by atoms with Gasteiger partial charge in [-0.25, -0.2) is 0 Å². The first-order chi connectivity index (χ1) is 8.30. The summed E-state index contributed by atoms with van der Waals surface area (Å²) in [5, 5.41) is 7.22. The third-order valence-corrected chi connectivity index (χ3v) is 3.90. The van der Waals surface area contributed by atoms with Crippen LogP contribution in [0.15, 0.2) is 22.7 Å². The van der Waals surface area contributed by atoms with Gasteiger partial charge in [-0.15, -0.1) is 0 Å². The van der Waals surface area contributed by atoms with E-state index in [0.29, 0.717) is 4.77 Å². The molecule has 0 fully saturated rings. The van der Waals surface area contributed by atoms with Crippen molar-refractivity contribution in [3.8, 4) is 11.4 Å². The van der Waals surface area contributed by atoms with Crippen LogP contribution in [0.3, 0.4) is 0 Å². The molecule has 0 aliphatic carbocycles. The van der Waals surface area contributed by atoms with Gasteiger partial charge in [0.1, 0.15) is 0 Å². The number of nitrogens with one attached hydrogen (secondary N) is 1. The van der Waals surface area contributed by atoms with Crippen LogP contribution in [0.4, 0.5) is 0 Å². The first-order valence-corrected chi connectivity index (χ1v) is 6.95. The SMILES string of the molecule is Cc1ccc(-c2n[nH]c(=S)n2C(C)(C)C)cc1Br. The lowest BCUT2D eigenvalue weighted by atomic mass is 10.1. The average Bonchev–Trinajstić information content (AvgIpc) is 2.64. The zero-order valence-electron chi connectivity index (χ0n) is 10.9. The number of aromatic amines is 1. The van der Waals surface area contributed by atoms with Gasteiger partial charge in [0.15, 0.2) is 10.6 Å². The van der Waals surface area contributed by atoms with Crippen LogP contribution >= 0.6 is 28.1 Å². The second-order valence-electron chi connectivity index (χ2n) is 5.32. The topological polar surface area (TPSA) is 33.6 Å². The van der Waals surface area contributed by atoms with Gasteiger partial charge in [0.05, 0.1) is 0 Å².